The highest BCUT2D eigenvalue weighted by Crippen LogP contribution is 2.22. The van der Waals surface area contributed by atoms with Crippen molar-refractivity contribution in [2.75, 3.05) is 13.2 Å². The van der Waals surface area contributed by atoms with Gasteiger partial charge in [-0.2, -0.15) is 0 Å². The Balaban J connectivity index is 2.36. The first-order valence-corrected chi connectivity index (χ1v) is 5.06. The van der Waals surface area contributed by atoms with E-state index in [1.807, 2.05) is 0 Å². The zero-order valence-electron chi connectivity index (χ0n) is 6.64. The van der Waals surface area contributed by atoms with Gasteiger partial charge in [0.05, 0.1) is 0 Å². The third-order valence-corrected chi connectivity index (χ3v) is 2.55. The van der Waals surface area contributed by atoms with Crippen LogP contribution < -0.4 is 10.1 Å². The third kappa shape index (κ3) is 1.72. The molecular formula is C9H10INO. The SMILES string of the molecule is Ic1ccc2c(c1)OCCNC2. The lowest BCUT2D eigenvalue weighted by molar-refractivity contribution is 0.325. The van der Waals surface area contributed by atoms with E-state index in [4.69, 9.17) is 4.74 Å². The van der Waals surface area contributed by atoms with Crippen molar-refractivity contribution in [3.8, 4) is 5.75 Å². The topological polar surface area (TPSA) is 21.3 Å². The summed E-state index contributed by atoms with van der Waals surface area (Å²) in [7, 11) is 0. The molecule has 3 heteroatoms. The van der Waals surface area contributed by atoms with E-state index >= 15 is 0 Å². The predicted octanol–water partition coefficient (Wildman–Crippen LogP) is 1.77. The lowest BCUT2D eigenvalue weighted by Gasteiger charge is -2.05. The minimum atomic E-state index is 0.771. The van der Waals surface area contributed by atoms with Gasteiger partial charge in [-0.05, 0) is 34.7 Å². The molecule has 0 fully saturated rings. The van der Waals surface area contributed by atoms with E-state index in [-0.39, 0.29) is 0 Å². The number of ether oxygens (including phenoxy) is 1. The number of hydrogen-bond acceptors (Lipinski definition) is 2. The average molecular weight is 275 g/mol. The van der Waals surface area contributed by atoms with Crippen LogP contribution in [0.2, 0.25) is 0 Å². The molecule has 1 aliphatic heterocycles. The van der Waals surface area contributed by atoms with Crippen LogP contribution in [0, 0.1) is 3.57 Å². The van der Waals surface area contributed by atoms with Gasteiger partial charge in [0.15, 0.2) is 0 Å². The summed E-state index contributed by atoms with van der Waals surface area (Å²) in [5.41, 5.74) is 1.26. The second-order valence-electron chi connectivity index (χ2n) is 2.78. The lowest BCUT2D eigenvalue weighted by atomic mass is 10.2. The Kier molecular flexibility index (Phi) is 2.51. The van der Waals surface area contributed by atoms with Gasteiger partial charge in [0.25, 0.3) is 0 Å². The molecule has 0 radical (unpaired) electrons. The molecule has 1 aromatic carbocycles. The van der Waals surface area contributed by atoms with Crippen molar-refractivity contribution in [2.24, 2.45) is 0 Å². The molecule has 0 saturated carbocycles. The summed E-state index contributed by atoms with van der Waals surface area (Å²) in [6.45, 7) is 2.63. The van der Waals surface area contributed by atoms with Crippen molar-refractivity contribution in [3.05, 3.63) is 27.3 Å². The van der Waals surface area contributed by atoms with Crippen LogP contribution in [0.15, 0.2) is 18.2 Å². The fraction of sp³-hybridized carbons (Fsp3) is 0.333. The highest BCUT2D eigenvalue weighted by molar-refractivity contribution is 14.1. The van der Waals surface area contributed by atoms with Crippen LogP contribution in [0.3, 0.4) is 0 Å². The van der Waals surface area contributed by atoms with Crippen molar-refractivity contribution in [3.63, 3.8) is 0 Å². The number of fused-ring (bicyclic) bond motifs is 1. The quantitative estimate of drug-likeness (QED) is 0.729. The molecule has 0 aromatic heterocycles. The molecular weight excluding hydrogens is 265 g/mol. The van der Waals surface area contributed by atoms with Gasteiger partial charge < -0.3 is 10.1 Å². The van der Waals surface area contributed by atoms with E-state index in [2.05, 4.69) is 46.1 Å². The molecule has 12 heavy (non-hydrogen) atoms. The Morgan fingerprint density at radius 3 is 3.25 bits per heavy atom. The minimum Gasteiger partial charge on any atom is -0.492 e. The summed E-state index contributed by atoms with van der Waals surface area (Å²) in [4.78, 5) is 0. The molecule has 2 rings (SSSR count). The Hall–Kier alpha value is -0.290. The molecule has 1 aromatic rings. The molecule has 64 valence electrons. The number of benzene rings is 1. The Morgan fingerprint density at radius 1 is 1.42 bits per heavy atom. The van der Waals surface area contributed by atoms with Gasteiger partial charge in [0.2, 0.25) is 0 Å². The normalized spacial score (nSPS) is 16.1. The van der Waals surface area contributed by atoms with Gasteiger partial charge in [-0.1, -0.05) is 6.07 Å². The molecule has 0 aliphatic carbocycles. The zero-order valence-corrected chi connectivity index (χ0v) is 8.80. The van der Waals surface area contributed by atoms with Gasteiger partial charge >= 0.3 is 0 Å². The van der Waals surface area contributed by atoms with Gasteiger partial charge in [-0.3, -0.25) is 0 Å². The predicted molar refractivity (Wildman–Crippen MR) is 56.4 cm³/mol. The van der Waals surface area contributed by atoms with Crippen LogP contribution in [0.1, 0.15) is 5.56 Å². The fourth-order valence-corrected chi connectivity index (χ4v) is 1.73. The van der Waals surface area contributed by atoms with Crippen molar-refractivity contribution in [2.45, 2.75) is 6.54 Å². The van der Waals surface area contributed by atoms with E-state index in [1.54, 1.807) is 0 Å². The molecule has 0 atom stereocenters. The first kappa shape index (κ1) is 8.31. The lowest BCUT2D eigenvalue weighted by Crippen LogP contribution is -2.16. The average Bonchev–Trinajstić information content (AvgIpc) is 2.28. The minimum absolute atomic E-state index is 0.771. The highest BCUT2D eigenvalue weighted by Gasteiger charge is 2.07. The van der Waals surface area contributed by atoms with Crippen LogP contribution >= 0.6 is 22.6 Å². The van der Waals surface area contributed by atoms with Gasteiger partial charge in [-0.15, -0.1) is 0 Å². The van der Waals surface area contributed by atoms with E-state index < -0.39 is 0 Å². The third-order valence-electron chi connectivity index (χ3n) is 1.88. The van der Waals surface area contributed by atoms with Crippen molar-refractivity contribution < 1.29 is 4.74 Å². The van der Waals surface area contributed by atoms with Crippen LogP contribution in [-0.2, 0) is 6.54 Å². The second-order valence-corrected chi connectivity index (χ2v) is 4.02. The number of hydrogen-bond donors (Lipinski definition) is 1. The Morgan fingerprint density at radius 2 is 2.33 bits per heavy atom. The molecule has 1 aliphatic rings. The summed E-state index contributed by atoms with van der Waals surface area (Å²) in [5, 5.41) is 3.30. The first-order chi connectivity index (χ1) is 5.86. The number of rotatable bonds is 0. The fourth-order valence-electron chi connectivity index (χ4n) is 1.27. The van der Waals surface area contributed by atoms with E-state index in [9.17, 15) is 0 Å². The van der Waals surface area contributed by atoms with Crippen molar-refractivity contribution in [1.82, 2.24) is 5.32 Å². The molecule has 0 unspecified atom stereocenters. The molecule has 0 saturated heterocycles. The van der Waals surface area contributed by atoms with Gasteiger partial charge in [0, 0.05) is 22.2 Å². The van der Waals surface area contributed by atoms with Crippen molar-refractivity contribution in [1.29, 1.82) is 0 Å². The van der Waals surface area contributed by atoms with Crippen LogP contribution in [0.4, 0.5) is 0 Å². The van der Waals surface area contributed by atoms with E-state index in [0.717, 1.165) is 25.4 Å². The maximum atomic E-state index is 5.56. The van der Waals surface area contributed by atoms with Crippen LogP contribution in [0.25, 0.3) is 0 Å². The number of nitrogens with one attached hydrogen (secondary N) is 1. The Bertz CT molecular complexity index is 288. The van der Waals surface area contributed by atoms with E-state index in [1.165, 1.54) is 9.13 Å². The largest absolute Gasteiger partial charge is 0.492 e. The smallest absolute Gasteiger partial charge is 0.124 e. The van der Waals surface area contributed by atoms with Crippen LogP contribution in [0.5, 0.6) is 5.75 Å². The van der Waals surface area contributed by atoms with E-state index in [0.29, 0.717) is 0 Å². The molecule has 0 bridgehead atoms. The zero-order chi connectivity index (χ0) is 8.39. The first-order valence-electron chi connectivity index (χ1n) is 3.98. The van der Waals surface area contributed by atoms with Gasteiger partial charge in [0.1, 0.15) is 12.4 Å². The Labute approximate surface area is 85.4 Å². The summed E-state index contributed by atoms with van der Waals surface area (Å²) in [6, 6.07) is 6.31. The van der Waals surface area contributed by atoms with Crippen LogP contribution in [-0.4, -0.2) is 13.2 Å². The number of halogens is 1. The second kappa shape index (κ2) is 3.62. The molecule has 2 nitrogen and oxygen atoms in total. The maximum absolute atomic E-state index is 5.56. The summed E-state index contributed by atoms with van der Waals surface area (Å²) in [5.74, 6) is 1.03. The molecule has 1 N–H and O–H groups in total. The maximum Gasteiger partial charge on any atom is 0.124 e. The molecule has 0 spiro atoms. The monoisotopic (exact) mass is 275 g/mol. The van der Waals surface area contributed by atoms with Crippen molar-refractivity contribution >= 4 is 22.6 Å². The standard InChI is InChI=1S/C9H10INO/c10-8-2-1-7-6-11-3-4-12-9(7)5-8/h1-2,5,11H,3-4,6H2. The summed E-state index contributed by atoms with van der Waals surface area (Å²) >= 11 is 2.30. The molecule has 0 amide bonds. The van der Waals surface area contributed by atoms with Gasteiger partial charge in [-0.25, -0.2) is 0 Å². The highest BCUT2D eigenvalue weighted by atomic mass is 127. The summed E-state index contributed by atoms with van der Waals surface area (Å²) < 4.78 is 6.79. The molecule has 1 heterocycles. The summed E-state index contributed by atoms with van der Waals surface area (Å²) in [6.07, 6.45) is 0.